The molecular formula is C14H9ClF2O. The lowest BCUT2D eigenvalue weighted by Gasteiger charge is -2.06. The summed E-state index contributed by atoms with van der Waals surface area (Å²) < 4.78 is 27.0. The number of hydrogen-bond donors (Lipinski definition) is 0. The maximum Gasteiger partial charge on any atom is 0.200 e. The molecule has 0 aliphatic carbocycles. The molecule has 0 saturated heterocycles. The van der Waals surface area contributed by atoms with Gasteiger partial charge >= 0.3 is 0 Å². The lowest BCUT2D eigenvalue weighted by Crippen LogP contribution is -2.08. The topological polar surface area (TPSA) is 17.1 Å². The molecule has 0 aliphatic heterocycles. The molecule has 0 saturated carbocycles. The van der Waals surface area contributed by atoms with Gasteiger partial charge in [-0.1, -0.05) is 29.3 Å². The van der Waals surface area contributed by atoms with Crippen molar-refractivity contribution >= 4 is 17.4 Å². The molecule has 2 rings (SSSR count). The summed E-state index contributed by atoms with van der Waals surface area (Å²) >= 11 is 5.88. The summed E-state index contributed by atoms with van der Waals surface area (Å²) in [6.45, 7) is 1.77. The summed E-state index contributed by atoms with van der Waals surface area (Å²) in [6.07, 6.45) is 0. The zero-order valence-corrected chi connectivity index (χ0v) is 10.3. The van der Waals surface area contributed by atoms with Crippen molar-refractivity contribution in [3.63, 3.8) is 0 Å². The maximum atomic E-state index is 13.5. The van der Waals surface area contributed by atoms with Crippen molar-refractivity contribution in [3.8, 4) is 0 Å². The van der Waals surface area contributed by atoms with Gasteiger partial charge in [0.25, 0.3) is 0 Å². The van der Waals surface area contributed by atoms with Gasteiger partial charge in [-0.05, 0) is 31.2 Å². The van der Waals surface area contributed by atoms with Crippen molar-refractivity contribution in [3.05, 3.63) is 69.7 Å². The van der Waals surface area contributed by atoms with E-state index in [1.54, 1.807) is 13.0 Å². The van der Waals surface area contributed by atoms with Crippen molar-refractivity contribution in [1.29, 1.82) is 0 Å². The van der Waals surface area contributed by atoms with Crippen LogP contribution in [-0.2, 0) is 0 Å². The fourth-order valence-corrected chi connectivity index (χ4v) is 1.87. The van der Waals surface area contributed by atoms with Crippen LogP contribution in [0.5, 0.6) is 0 Å². The van der Waals surface area contributed by atoms with E-state index >= 15 is 0 Å². The third-order valence-corrected chi connectivity index (χ3v) is 2.89. The standard InChI is InChI=1S/C14H9ClF2O/c1-8-5-6-10(15)9(7-8)14(18)13-11(16)3-2-4-12(13)17/h2-7H,1H3. The Balaban J connectivity index is 2.58. The molecule has 4 heteroatoms. The first kappa shape index (κ1) is 12.7. The van der Waals surface area contributed by atoms with Crippen LogP contribution in [0.25, 0.3) is 0 Å². The molecule has 2 aromatic carbocycles. The monoisotopic (exact) mass is 266 g/mol. The molecule has 0 heterocycles. The smallest absolute Gasteiger partial charge is 0.200 e. The third-order valence-electron chi connectivity index (χ3n) is 2.56. The van der Waals surface area contributed by atoms with Crippen molar-refractivity contribution < 1.29 is 13.6 Å². The average Bonchev–Trinajstić information content (AvgIpc) is 2.32. The predicted molar refractivity (Wildman–Crippen MR) is 66.0 cm³/mol. The maximum absolute atomic E-state index is 13.5. The van der Waals surface area contributed by atoms with E-state index in [1.807, 2.05) is 0 Å². The summed E-state index contributed by atoms with van der Waals surface area (Å²) in [7, 11) is 0. The number of carbonyl (C=O) groups excluding carboxylic acids is 1. The van der Waals surface area contributed by atoms with E-state index in [0.717, 1.165) is 17.7 Å². The molecule has 0 radical (unpaired) electrons. The lowest BCUT2D eigenvalue weighted by atomic mass is 10.0. The molecule has 1 nitrogen and oxygen atoms in total. The highest BCUT2D eigenvalue weighted by molar-refractivity contribution is 6.35. The average molecular weight is 267 g/mol. The van der Waals surface area contributed by atoms with Crippen LogP contribution in [0.15, 0.2) is 36.4 Å². The number of benzene rings is 2. The molecule has 0 atom stereocenters. The van der Waals surface area contributed by atoms with Gasteiger partial charge in [0.15, 0.2) is 5.78 Å². The molecule has 0 unspecified atom stereocenters. The fourth-order valence-electron chi connectivity index (χ4n) is 1.66. The van der Waals surface area contributed by atoms with Crippen LogP contribution in [0.2, 0.25) is 5.02 Å². The molecular weight excluding hydrogens is 258 g/mol. The quantitative estimate of drug-likeness (QED) is 0.746. The second-order valence-corrected chi connectivity index (χ2v) is 4.32. The molecule has 0 spiro atoms. The highest BCUT2D eigenvalue weighted by Gasteiger charge is 2.20. The number of aryl methyl sites for hydroxylation is 1. The minimum atomic E-state index is -0.891. The first-order chi connectivity index (χ1) is 8.50. The van der Waals surface area contributed by atoms with E-state index in [4.69, 9.17) is 11.6 Å². The summed E-state index contributed by atoms with van der Waals surface area (Å²) in [5.41, 5.74) is 0.310. The Bertz CT molecular complexity index is 603. The SMILES string of the molecule is Cc1ccc(Cl)c(C(=O)c2c(F)cccc2F)c1. The van der Waals surface area contributed by atoms with Gasteiger partial charge in [-0.15, -0.1) is 0 Å². The molecule has 0 bridgehead atoms. The zero-order chi connectivity index (χ0) is 13.3. The molecule has 0 amide bonds. The van der Waals surface area contributed by atoms with Crippen molar-refractivity contribution in [1.82, 2.24) is 0 Å². The first-order valence-electron chi connectivity index (χ1n) is 5.25. The Morgan fingerprint density at radius 2 is 1.72 bits per heavy atom. The first-order valence-corrected chi connectivity index (χ1v) is 5.63. The Morgan fingerprint density at radius 1 is 1.11 bits per heavy atom. The summed E-state index contributed by atoms with van der Waals surface area (Å²) in [5, 5.41) is 0.174. The van der Waals surface area contributed by atoms with Crippen molar-refractivity contribution in [2.24, 2.45) is 0 Å². The van der Waals surface area contributed by atoms with E-state index in [9.17, 15) is 13.6 Å². The second kappa shape index (κ2) is 4.86. The molecule has 18 heavy (non-hydrogen) atoms. The second-order valence-electron chi connectivity index (χ2n) is 3.91. The highest BCUT2D eigenvalue weighted by atomic mass is 35.5. The predicted octanol–water partition coefficient (Wildman–Crippen LogP) is 4.16. The van der Waals surface area contributed by atoms with Gasteiger partial charge < -0.3 is 0 Å². The fraction of sp³-hybridized carbons (Fsp3) is 0.0714. The van der Waals surface area contributed by atoms with Gasteiger partial charge in [-0.25, -0.2) is 8.78 Å². The Morgan fingerprint density at radius 3 is 2.33 bits per heavy atom. The third kappa shape index (κ3) is 2.27. The van der Waals surface area contributed by atoms with E-state index in [0.29, 0.717) is 0 Å². The Kier molecular flexibility index (Phi) is 3.43. The number of ketones is 1. The van der Waals surface area contributed by atoms with Crippen molar-refractivity contribution in [2.75, 3.05) is 0 Å². The van der Waals surface area contributed by atoms with Crippen LogP contribution in [0.3, 0.4) is 0 Å². The number of rotatable bonds is 2. The van der Waals surface area contributed by atoms with Crippen molar-refractivity contribution in [2.45, 2.75) is 6.92 Å². The van der Waals surface area contributed by atoms with Gasteiger partial charge in [0.05, 0.1) is 10.6 Å². The molecule has 0 N–H and O–H groups in total. The molecule has 2 aromatic rings. The molecule has 0 aliphatic rings. The molecule has 92 valence electrons. The molecule has 0 aromatic heterocycles. The van der Waals surface area contributed by atoms with Crippen LogP contribution in [0.1, 0.15) is 21.5 Å². The van der Waals surface area contributed by atoms with E-state index in [-0.39, 0.29) is 10.6 Å². The minimum Gasteiger partial charge on any atom is -0.288 e. The lowest BCUT2D eigenvalue weighted by molar-refractivity contribution is 0.103. The van der Waals surface area contributed by atoms with Crippen LogP contribution < -0.4 is 0 Å². The number of carbonyl (C=O) groups is 1. The number of hydrogen-bond acceptors (Lipinski definition) is 1. The van der Waals surface area contributed by atoms with E-state index in [1.165, 1.54) is 18.2 Å². The van der Waals surface area contributed by atoms with E-state index in [2.05, 4.69) is 0 Å². The highest BCUT2D eigenvalue weighted by Crippen LogP contribution is 2.23. The zero-order valence-electron chi connectivity index (χ0n) is 9.51. The van der Waals surface area contributed by atoms with Crippen LogP contribution in [-0.4, -0.2) is 5.78 Å². The minimum absolute atomic E-state index is 0.0978. The van der Waals surface area contributed by atoms with Gasteiger partial charge in [-0.2, -0.15) is 0 Å². The molecule has 0 fully saturated rings. The summed E-state index contributed by atoms with van der Waals surface area (Å²) in [6, 6.07) is 8.05. The van der Waals surface area contributed by atoms with Gasteiger partial charge in [0.1, 0.15) is 11.6 Å². The van der Waals surface area contributed by atoms with E-state index < -0.39 is 23.0 Å². The Hall–Kier alpha value is -1.74. The largest absolute Gasteiger partial charge is 0.288 e. The van der Waals surface area contributed by atoms with Gasteiger partial charge in [-0.3, -0.25) is 4.79 Å². The summed E-state index contributed by atoms with van der Waals surface area (Å²) in [5.74, 6) is -2.53. The number of halogens is 3. The Labute approximate surface area is 108 Å². The van der Waals surface area contributed by atoms with Crippen LogP contribution in [0, 0.1) is 18.6 Å². The van der Waals surface area contributed by atoms with Crippen LogP contribution in [0.4, 0.5) is 8.78 Å². The normalized spacial score (nSPS) is 10.4. The van der Waals surface area contributed by atoms with Gasteiger partial charge in [0.2, 0.25) is 0 Å². The van der Waals surface area contributed by atoms with Crippen LogP contribution >= 0.6 is 11.6 Å². The van der Waals surface area contributed by atoms with Gasteiger partial charge in [0, 0.05) is 5.56 Å². The summed E-state index contributed by atoms with van der Waals surface area (Å²) in [4.78, 5) is 12.1.